The van der Waals surface area contributed by atoms with E-state index in [1.807, 2.05) is 0 Å². The molecule has 0 aliphatic carbocycles. The molecule has 0 spiro atoms. The molecule has 0 bridgehead atoms. The van der Waals surface area contributed by atoms with Crippen LogP contribution < -0.4 is 0 Å². The van der Waals surface area contributed by atoms with Crippen LogP contribution in [0.25, 0.3) is 0 Å². The van der Waals surface area contributed by atoms with Crippen LogP contribution in [0.3, 0.4) is 0 Å². The zero-order chi connectivity index (χ0) is 11.0. The number of aliphatic imine (C=N–C) groups is 1. The number of carbonyl (C=O) groups is 1. The van der Waals surface area contributed by atoms with E-state index in [1.165, 1.54) is 22.6 Å². The highest BCUT2D eigenvalue weighted by Crippen LogP contribution is 2.41. The van der Waals surface area contributed by atoms with Crippen molar-refractivity contribution in [2.24, 2.45) is 4.99 Å². The van der Waals surface area contributed by atoms with Crippen LogP contribution in [0.5, 0.6) is 0 Å². The molecule has 3 nitrogen and oxygen atoms in total. The molecule has 0 saturated heterocycles. The van der Waals surface area contributed by atoms with Gasteiger partial charge in [-0.3, -0.25) is 4.99 Å². The summed E-state index contributed by atoms with van der Waals surface area (Å²) in [4.78, 5) is 13.6. The van der Waals surface area contributed by atoms with Gasteiger partial charge in [0.2, 0.25) is 0 Å². The Hall–Kier alpha value is -0.600. The first-order valence-corrected chi connectivity index (χ1v) is 4.58. The fraction of sp³-hybridized carbons (Fsp3) is 0.429. The third-order valence-electron chi connectivity index (χ3n) is 1.69. The second-order valence-corrected chi connectivity index (χ2v) is 4.64. The third-order valence-corrected chi connectivity index (χ3v) is 3.02. The number of allylic oxidation sites excluding steroid dienone is 1. The van der Waals surface area contributed by atoms with E-state index in [9.17, 15) is 18.0 Å². The number of hydrogen-bond donors (Lipinski definition) is 1. The van der Waals surface area contributed by atoms with E-state index < -0.39 is 22.0 Å². The van der Waals surface area contributed by atoms with Crippen LogP contribution in [0, 0.1) is 0 Å². The van der Waals surface area contributed by atoms with Crippen molar-refractivity contribution >= 4 is 34.8 Å². The van der Waals surface area contributed by atoms with E-state index in [4.69, 9.17) is 5.11 Å². The van der Waals surface area contributed by atoms with Crippen molar-refractivity contribution in [2.75, 3.05) is 0 Å². The molecule has 1 aliphatic heterocycles. The lowest BCUT2D eigenvalue weighted by Crippen LogP contribution is -2.41. The smallest absolute Gasteiger partial charge is 0.408 e. The van der Waals surface area contributed by atoms with Gasteiger partial charge in [0.05, 0.1) is 0 Å². The minimum atomic E-state index is -4.42. The zero-order valence-corrected chi connectivity index (χ0v) is 8.83. The fourth-order valence-electron chi connectivity index (χ4n) is 0.854. The molecule has 1 heterocycles. The lowest BCUT2D eigenvalue weighted by molar-refractivity contribution is -0.138. The monoisotopic (exact) mass is 319 g/mol. The summed E-state index contributed by atoms with van der Waals surface area (Å²) < 4.78 is 35.1. The Bertz CT molecular complexity index is 323. The Morgan fingerprint density at radius 1 is 1.64 bits per heavy atom. The molecule has 0 radical (unpaired) electrons. The van der Waals surface area contributed by atoms with Crippen LogP contribution in [-0.2, 0) is 4.79 Å². The molecular weight excluding hydrogens is 314 g/mol. The maximum Gasteiger partial charge on any atom is 0.408 e. The van der Waals surface area contributed by atoms with Crippen LogP contribution in [-0.4, -0.2) is 26.9 Å². The SMILES string of the molecule is O=C(O)C1=CCC(I)(C(F)(F)F)C=N1. The summed E-state index contributed by atoms with van der Waals surface area (Å²) >= 11 is 1.22. The molecule has 1 N–H and O–H groups in total. The highest BCUT2D eigenvalue weighted by atomic mass is 127. The van der Waals surface area contributed by atoms with Crippen LogP contribution in [0.4, 0.5) is 13.2 Å². The standard InChI is InChI=1S/C7H5F3INO2/c8-7(9,10)6(11)2-1-4(5(13)14)12-3-6/h1,3H,2H2,(H,13,14). The number of carboxylic acid groups (broad SMARTS) is 1. The second kappa shape index (κ2) is 3.52. The highest BCUT2D eigenvalue weighted by molar-refractivity contribution is 14.1. The van der Waals surface area contributed by atoms with Gasteiger partial charge >= 0.3 is 12.1 Å². The van der Waals surface area contributed by atoms with Crippen LogP contribution in [0.1, 0.15) is 6.42 Å². The number of alkyl halides is 4. The molecule has 78 valence electrons. The Balaban J connectivity index is 2.88. The van der Waals surface area contributed by atoms with Crippen molar-refractivity contribution in [1.82, 2.24) is 0 Å². The minimum absolute atomic E-state index is 0.346. The summed E-state index contributed by atoms with van der Waals surface area (Å²) in [5, 5.41) is 8.45. The molecule has 0 aromatic rings. The number of aliphatic carboxylic acids is 1. The molecular formula is C7H5F3INO2. The van der Waals surface area contributed by atoms with Gasteiger partial charge in [-0.2, -0.15) is 13.2 Å². The predicted molar refractivity (Wildman–Crippen MR) is 51.6 cm³/mol. The third kappa shape index (κ3) is 2.07. The van der Waals surface area contributed by atoms with Gasteiger partial charge in [-0.05, 0) is 12.5 Å². The summed E-state index contributed by atoms with van der Waals surface area (Å²) in [5.74, 6) is -1.32. The Morgan fingerprint density at radius 3 is 2.50 bits per heavy atom. The summed E-state index contributed by atoms with van der Waals surface area (Å²) in [6.07, 6.45) is -3.21. The summed E-state index contributed by atoms with van der Waals surface area (Å²) in [7, 11) is 0. The van der Waals surface area contributed by atoms with Crippen molar-refractivity contribution in [3.05, 3.63) is 11.8 Å². The average Bonchev–Trinajstić information content (AvgIpc) is 2.03. The van der Waals surface area contributed by atoms with E-state index >= 15 is 0 Å². The van der Waals surface area contributed by atoms with E-state index in [1.54, 1.807) is 0 Å². The summed E-state index contributed by atoms with van der Waals surface area (Å²) in [6.45, 7) is 0. The number of hydrogen-bond acceptors (Lipinski definition) is 2. The Morgan fingerprint density at radius 2 is 2.21 bits per heavy atom. The number of halogens is 4. The van der Waals surface area contributed by atoms with Crippen molar-refractivity contribution < 1.29 is 23.1 Å². The lowest BCUT2D eigenvalue weighted by Gasteiger charge is -2.26. The van der Waals surface area contributed by atoms with Gasteiger partial charge in [0, 0.05) is 6.21 Å². The number of nitrogens with zero attached hydrogens (tertiary/aromatic N) is 1. The van der Waals surface area contributed by atoms with E-state index in [-0.39, 0.29) is 5.70 Å². The molecule has 7 heteroatoms. The normalized spacial score (nSPS) is 27.3. The van der Waals surface area contributed by atoms with Gasteiger partial charge in [0.15, 0.2) is 3.42 Å². The maximum absolute atomic E-state index is 12.4. The van der Waals surface area contributed by atoms with Crippen molar-refractivity contribution in [3.8, 4) is 0 Å². The first kappa shape index (κ1) is 11.5. The van der Waals surface area contributed by atoms with Gasteiger partial charge in [0.25, 0.3) is 0 Å². The molecule has 0 amide bonds. The average molecular weight is 319 g/mol. The van der Waals surface area contributed by atoms with Gasteiger partial charge in [-0.1, -0.05) is 22.6 Å². The van der Waals surface area contributed by atoms with Gasteiger partial charge in [0.1, 0.15) is 5.70 Å². The van der Waals surface area contributed by atoms with E-state index in [0.29, 0.717) is 6.21 Å². The highest BCUT2D eigenvalue weighted by Gasteiger charge is 2.52. The van der Waals surface area contributed by atoms with Gasteiger partial charge < -0.3 is 5.11 Å². The molecule has 1 rings (SSSR count). The minimum Gasteiger partial charge on any atom is -0.477 e. The van der Waals surface area contributed by atoms with Crippen LogP contribution >= 0.6 is 22.6 Å². The molecule has 0 aromatic carbocycles. The summed E-state index contributed by atoms with van der Waals surface area (Å²) in [6, 6.07) is 0. The number of rotatable bonds is 1. The van der Waals surface area contributed by atoms with Crippen molar-refractivity contribution in [1.29, 1.82) is 0 Å². The topological polar surface area (TPSA) is 49.7 Å². The molecule has 1 atom stereocenters. The van der Waals surface area contributed by atoms with Gasteiger partial charge in [-0.25, -0.2) is 4.79 Å². The summed E-state index contributed by atoms with van der Waals surface area (Å²) in [5.41, 5.74) is -0.346. The Kier molecular flexibility index (Phi) is 2.88. The van der Waals surface area contributed by atoms with Crippen LogP contribution in [0.2, 0.25) is 0 Å². The largest absolute Gasteiger partial charge is 0.477 e. The fourth-order valence-corrected chi connectivity index (χ4v) is 1.21. The Labute approximate surface area is 90.8 Å². The first-order valence-electron chi connectivity index (χ1n) is 3.50. The molecule has 14 heavy (non-hydrogen) atoms. The van der Waals surface area contributed by atoms with Gasteiger partial charge in [-0.15, -0.1) is 0 Å². The van der Waals surface area contributed by atoms with E-state index in [2.05, 4.69) is 4.99 Å². The zero-order valence-electron chi connectivity index (χ0n) is 6.68. The molecule has 1 unspecified atom stereocenters. The predicted octanol–water partition coefficient (Wildman–Crippen LogP) is 2.17. The van der Waals surface area contributed by atoms with Crippen molar-refractivity contribution in [3.63, 3.8) is 0 Å². The van der Waals surface area contributed by atoms with Crippen molar-refractivity contribution in [2.45, 2.75) is 16.0 Å². The molecule has 0 saturated carbocycles. The lowest BCUT2D eigenvalue weighted by atomic mass is 10.0. The first-order chi connectivity index (χ1) is 6.26. The van der Waals surface area contributed by atoms with Crippen LogP contribution in [0.15, 0.2) is 16.8 Å². The molecule has 0 aromatic heterocycles. The maximum atomic E-state index is 12.4. The second-order valence-electron chi connectivity index (χ2n) is 2.72. The molecule has 0 fully saturated rings. The van der Waals surface area contributed by atoms with E-state index in [0.717, 1.165) is 6.08 Å². The quantitative estimate of drug-likeness (QED) is 0.595. The molecule has 1 aliphatic rings. The number of carboxylic acids is 1.